The minimum absolute atomic E-state index is 0.289. The zero-order valence-electron chi connectivity index (χ0n) is 16.3. The maximum Gasteiger partial charge on any atom is 0.270 e. The predicted octanol–water partition coefficient (Wildman–Crippen LogP) is 4.69. The van der Waals surface area contributed by atoms with E-state index in [2.05, 4.69) is 28.1 Å². The molecule has 2 heterocycles. The average Bonchev–Trinajstić information content (AvgIpc) is 3.32. The number of nitrogens with zero attached hydrogens (tertiary/aromatic N) is 1. The first-order chi connectivity index (χ1) is 14.6. The molecule has 4 rings (SSSR count). The van der Waals surface area contributed by atoms with Crippen LogP contribution < -0.4 is 16.2 Å². The van der Waals surface area contributed by atoms with Crippen LogP contribution in [-0.4, -0.2) is 16.0 Å². The largest absolute Gasteiger partial charge is 0.463 e. The van der Waals surface area contributed by atoms with Crippen LogP contribution in [0.15, 0.2) is 77.4 Å². The van der Waals surface area contributed by atoms with Crippen LogP contribution >= 0.6 is 12.2 Å². The normalized spacial score (nSPS) is 10.6. The standard InChI is InChI=1S/C23H20N4O2S/c1-2-15-9-11-16(12-10-15)24-23(30)27-26-22(28)18-14-20(21-8-5-13-29-21)25-19-7-4-3-6-17(18)19/h3-14H,2H2,1H3,(H,26,28)(H2,24,27,30). The van der Waals surface area contributed by atoms with Crippen molar-refractivity contribution in [2.45, 2.75) is 13.3 Å². The summed E-state index contributed by atoms with van der Waals surface area (Å²) in [5.74, 6) is 0.266. The number of pyridine rings is 1. The average molecular weight is 417 g/mol. The van der Waals surface area contributed by atoms with Gasteiger partial charge in [-0.25, -0.2) is 4.98 Å². The Morgan fingerprint density at radius 3 is 2.57 bits per heavy atom. The number of nitrogens with one attached hydrogen (secondary N) is 3. The first-order valence-electron chi connectivity index (χ1n) is 9.54. The van der Waals surface area contributed by atoms with Crippen molar-refractivity contribution in [1.29, 1.82) is 0 Å². The summed E-state index contributed by atoms with van der Waals surface area (Å²) in [6.45, 7) is 2.10. The van der Waals surface area contributed by atoms with Gasteiger partial charge in [0.2, 0.25) is 0 Å². The first kappa shape index (κ1) is 19.6. The topological polar surface area (TPSA) is 79.2 Å². The molecule has 1 amide bonds. The van der Waals surface area contributed by atoms with Crippen molar-refractivity contribution in [3.63, 3.8) is 0 Å². The van der Waals surface area contributed by atoms with E-state index in [9.17, 15) is 4.79 Å². The number of rotatable bonds is 4. The summed E-state index contributed by atoms with van der Waals surface area (Å²) in [6, 6.07) is 20.7. The molecule has 0 bridgehead atoms. The number of hydrazine groups is 1. The van der Waals surface area contributed by atoms with E-state index < -0.39 is 0 Å². The van der Waals surface area contributed by atoms with Crippen molar-refractivity contribution in [3.05, 3.63) is 84.1 Å². The molecule has 0 saturated carbocycles. The number of amides is 1. The van der Waals surface area contributed by atoms with Gasteiger partial charge in [-0.15, -0.1) is 0 Å². The predicted molar refractivity (Wildman–Crippen MR) is 122 cm³/mol. The van der Waals surface area contributed by atoms with Crippen LogP contribution in [0.4, 0.5) is 5.69 Å². The number of aryl methyl sites for hydroxylation is 1. The summed E-state index contributed by atoms with van der Waals surface area (Å²) in [6.07, 6.45) is 2.55. The smallest absolute Gasteiger partial charge is 0.270 e. The molecule has 150 valence electrons. The number of benzene rings is 2. The van der Waals surface area contributed by atoms with Gasteiger partial charge in [-0.3, -0.25) is 15.6 Å². The third-order valence-electron chi connectivity index (χ3n) is 4.64. The fourth-order valence-electron chi connectivity index (χ4n) is 3.08. The monoisotopic (exact) mass is 416 g/mol. The molecule has 0 aliphatic heterocycles. The van der Waals surface area contributed by atoms with Crippen molar-refractivity contribution in [3.8, 4) is 11.5 Å². The SMILES string of the molecule is CCc1ccc(NC(=S)NNC(=O)c2cc(-c3ccco3)nc3ccccc23)cc1. The second-order valence-corrected chi connectivity index (χ2v) is 7.04. The van der Waals surface area contributed by atoms with E-state index in [0.29, 0.717) is 22.5 Å². The molecule has 2 aromatic heterocycles. The molecule has 7 heteroatoms. The van der Waals surface area contributed by atoms with Crippen LogP contribution in [-0.2, 0) is 6.42 Å². The van der Waals surface area contributed by atoms with Crippen LogP contribution in [0.1, 0.15) is 22.8 Å². The number of anilines is 1. The second-order valence-electron chi connectivity index (χ2n) is 6.63. The fourth-order valence-corrected chi connectivity index (χ4v) is 3.25. The molecule has 30 heavy (non-hydrogen) atoms. The van der Waals surface area contributed by atoms with Gasteiger partial charge >= 0.3 is 0 Å². The number of carbonyl (C=O) groups is 1. The molecule has 3 N–H and O–H groups in total. The van der Waals surface area contributed by atoms with Crippen molar-refractivity contribution in [1.82, 2.24) is 15.8 Å². The lowest BCUT2D eigenvalue weighted by Crippen LogP contribution is -2.43. The van der Waals surface area contributed by atoms with E-state index in [1.54, 1.807) is 24.5 Å². The van der Waals surface area contributed by atoms with Crippen LogP contribution in [0.5, 0.6) is 0 Å². The zero-order chi connectivity index (χ0) is 20.9. The second kappa shape index (κ2) is 8.75. The summed E-state index contributed by atoms with van der Waals surface area (Å²) < 4.78 is 5.44. The molecule has 2 aromatic carbocycles. The summed E-state index contributed by atoms with van der Waals surface area (Å²) in [5, 5.41) is 4.08. The number of furan rings is 1. The minimum atomic E-state index is -0.327. The Hall–Kier alpha value is -3.71. The van der Waals surface area contributed by atoms with Gasteiger partial charge in [0, 0.05) is 11.1 Å². The molecule has 0 unspecified atom stereocenters. The highest BCUT2D eigenvalue weighted by Crippen LogP contribution is 2.25. The van der Waals surface area contributed by atoms with Gasteiger partial charge in [-0.1, -0.05) is 37.3 Å². The Bertz CT molecular complexity index is 1190. The Morgan fingerprint density at radius 1 is 1.03 bits per heavy atom. The molecule has 0 aliphatic rings. The third-order valence-corrected chi connectivity index (χ3v) is 4.85. The lowest BCUT2D eigenvalue weighted by Gasteiger charge is -2.13. The Morgan fingerprint density at radius 2 is 1.83 bits per heavy atom. The van der Waals surface area contributed by atoms with E-state index >= 15 is 0 Å². The fraction of sp³-hybridized carbons (Fsp3) is 0.0870. The molecule has 0 fully saturated rings. The lowest BCUT2D eigenvalue weighted by atomic mass is 10.1. The first-order valence-corrected chi connectivity index (χ1v) is 9.95. The van der Waals surface area contributed by atoms with E-state index in [0.717, 1.165) is 17.5 Å². The van der Waals surface area contributed by atoms with Crippen molar-refractivity contribution in [2.75, 3.05) is 5.32 Å². The molecular formula is C23H20N4O2S. The van der Waals surface area contributed by atoms with Crippen LogP contribution in [0.2, 0.25) is 0 Å². The van der Waals surface area contributed by atoms with Crippen LogP contribution in [0, 0.1) is 0 Å². The number of aromatic nitrogens is 1. The summed E-state index contributed by atoms with van der Waals surface area (Å²) in [4.78, 5) is 17.5. The summed E-state index contributed by atoms with van der Waals surface area (Å²) >= 11 is 5.29. The van der Waals surface area contributed by atoms with E-state index in [1.165, 1.54) is 5.56 Å². The highest BCUT2D eigenvalue weighted by Gasteiger charge is 2.15. The number of thiocarbonyl (C=S) groups is 1. The molecule has 0 radical (unpaired) electrons. The highest BCUT2D eigenvalue weighted by molar-refractivity contribution is 7.80. The van der Waals surface area contributed by atoms with Crippen LogP contribution in [0.25, 0.3) is 22.4 Å². The van der Waals surface area contributed by atoms with Gasteiger partial charge in [0.1, 0.15) is 5.69 Å². The molecule has 0 spiro atoms. The van der Waals surface area contributed by atoms with Crippen LogP contribution in [0.3, 0.4) is 0 Å². The van der Waals surface area contributed by atoms with Gasteiger partial charge in [0.05, 0.1) is 17.3 Å². The molecule has 6 nitrogen and oxygen atoms in total. The van der Waals surface area contributed by atoms with Crippen molar-refractivity contribution < 1.29 is 9.21 Å². The van der Waals surface area contributed by atoms with E-state index in [1.807, 2.05) is 48.5 Å². The third kappa shape index (κ3) is 4.31. The molecule has 0 aliphatic carbocycles. The zero-order valence-corrected chi connectivity index (χ0v) is 17.1. The molecule has 0 atom stereocenters. The quantitative estimate of drug-likeness (QED) is 0.331. The van der Waals surface area contributed by atoms with Gasteiger partial charge in [0.15, 0.2) is 10.9 Å². The molecule has 0 saturated heterocycles. The van der Waals surface area contributed by atoms with Gasteiger partial charge in [-0.2, -0.15) is 0 Å². The highest BCUT2D eigenvalue weighted by atomic mass is 32.1. The Balaban J connectivity index is 1.50. The Labute approximate surface area is 179 Å². The summed E-state index contributed by atoms with van der Waals surface area (Å²) in [5.41, 5.74) is 9.24. The van der Waals surface area contributed by atoms with Crippen molar-refractivity contribution >= 4 is 39.8 Å². The number of para-hydroxylation sites is 1. The number of fused-ring (bicyclic) bond motifs is 1. The Kier molecular flexibility index (Phi) is 5.72. The molecular weight excluding hydrogens is 396 g/mol. The van der Waals surface area contributed by atoms with Gasteiger partial charge < -0.3 is 9.73 Å². The lowest BCUT2D eigenvalue weighted by molar-refractivity contribution is 0.0946. The maximum atomic E-state index is 12.9. The summed E-state index contributed by atoms with van der Waals surface area (Å²) in [7, 11) is 0. The minimum Gasteiger partial charge on any atom is -0.463 e. The van der Waals surface area contributed by atoms with Gasteiger partial charge in [0.25, 0.3) is 5.91 Å². The number of hydrogen-bond donors (Lipinski definition) is 3. The van der Waals surface area contributed by atoms with E-state index in [-0.39, 0.29) is 11.0 Å². The maximum absolute atomic E-state index is 12.9. The number of hydrogen-bond acceptors (Lipinski definition) is 4. The van der Waals surface area contributed by atoms with Gasteiger partial charge in [-0.05, 0) is 60.6 Å². The van der Waals surface area contributed by atoms with Crippen molar-refractivity contribution in [2.24, 2.45) is 0 Å². The van der Waals surface area contributed by atoms with E-state index in [4.69, 9.17) is 16.6 Å². The molecule has 4 aromatic rings. The number of carbonyl (C=O) groups excluding carboxylic acids is 1.